The number of rotatable bonds is 6. The van der Waals surface area contributed by atoms with Gasteiger partial charge < -0.3 is 15.6 Å². The molecule has 0 amide bonds. The summed E-state index contributed by atoms with van der Waals surface area (Å²) < 4.78 is 5.28. The largest absolute Gasteiger partial charge is 0.496 e. The van der Waals surface area contributed by atoms with E-state index in [1.54, 1.807) is 18.9 Å². The van der Waals surface area contributed by atoms with Gasteiger partial charge in [0, 0.05) is 22.9 Å². The number of thioether (sulfide) groups is 1. The number of ether oxygens (including phenoxy) is 1. The standard InChI is InChI=1S/C12H17NO3S/c1-16-11-7-8(17-2)3-4-9(11)10(13)5-6-12(14)15/h3-4,7,10H,5-6,13H2,1-2H3,(H,14,15). The third-order valence-electron chi connectivity index (χ3n) is 2.51. The fraction of sp³-hybridized carbons (Fsp3) is 0.417. The van der Waals surface area contributed by atoms with Crippen molar-refractivity contribution in [2.24, 2.45) is 5.73 Å². The Hall–Kier alpha value is -1.20. The van der Waals surface area contributed by atoms with Gasteiger partial charge in [0.15, 0.2) is 0 Å². The SMILES string of the molecule is COc1cc(SC)ccc1C(N)CCC(=O)O. The molecule has 1 atom stereocenters. The third kappa shape index (κ3) is 3.94. The summed E-state index contributed by atoms with van der Waals surface area (Å²) in [7, 11) is 1.59. The van der Waals surface area contributed by atoms with Crippen LogP contribution in [-0.4, -0.2) is 24.4 Å². The van der Waals surface area contributed by atoms with Crippen molar-refractivity contribution >= 4 is 17.7 Å². The maximum absolute atomic E-state index is 10.5. The summed E-state index contributed by atoms with van der Waals surface area (Å²) >= 11 is 1.62. The Labute approximate surface area is 105 Å². The van der Waals surface area contributed by atoms with E-state index in [9.17, 15) is 4.79 Å². The average Bonchev–Trinajstić information content (AvgIpc) is 2.34. The van der Waals surface area contributed by atoms with Crippen LogP contribution in [0.25, 0.3) is 0 Å². The van der Waals surface area contributed by atoms with Gasteiger partial charge in [-0.3, -0.25) is 4.79 Å². The molecule has 17 heavy (non-hydrogen) atoms. The number of hydrogen-bond donors (Lipinski definition) is 2. The number of hydrogen-bond acceptors (Lipinski definition) is 4. The molecule has 0 aliphatic rings. The lowest BCUT2D eigenvalue weighted by atomic mass is 10.0. The van der Waals surface area contributed by atoms with Crippen LogP contribution in [0.3, 0.4) is 0 Å². The van der Waals surface area contributed by atoms with E-state index >= 15 is 0 Å². The molecule has 0 aromatic heterocycles. The van der Waals surface area contributed by atoms with Crippen LogP contribution in [0.1, 0.15) is 24.4 Å². The van der Waals surface area contributed by atoms with Gasteiger partial charge in [0.1, 0.15) is 5.75 Å². The minimum absolute atomic E-state index is 0.0641. The van der Waals surface area contributed by atoms with Crippen LogP contribution in [0.15, 0.2) is 23.1 Å². The van der Waals surface area contributed by atoms with Gasteiger partial charge in [-0.05, 0) is 24.8 Å². The minimum atomic E-state index is -0.833. The van der Waals surface area contributed by atoms with E-state index in [0.29, 0.717) is 6.42 Å². The number of nitrogens with two attached hydrogens (primary N) is 1. The molecule has 0 spiro atoms. The summed E-state index contributed by atoms with van der Waals surface area (Å²) in [5.41, 5.74) is 6.81. The van der Waals surface area contributed by atoms with E-state index in [4.69, 9.17) is 15.6 Å². The van der Waals surface area contributed by atoms with Crippen LogP contribution < -0.4 is 10.5 Å². The van der Waals surface area contributed by atoms with Crippen molar-refractivity contribution in [2.75, 3.05) is 13.4 Å². The van der Waals surface area contributed by atoms with Crippen molar-refractivity contribution in [3.63, 3.8) is 0 Å². The molecule has 94 valence electrons. The number of carboxylic acids is 1. The van der Waals surface area contributed by atoms with Gasteiger partial charge in [0.2, 0.25) is 0 Å². The third-order valence-corrected chi connectivity index (χ3v) is 3.23. The average molecular weight is 255 g/mol. The molecule has 0 heterocycles. The van der Waals surface area contributed by atoms with Gasteiger partial charge >= 0.3 is 5.97 Å². The van der Waals surface area contributed by atoms with Gasteiger partial charge in [-0.1, -0.05) is 6.07 Å². The molecule has 0 aliphatic carbocycles. The second kappa shape index (κ2) is 6.51. The van der Waals surface area contributed by atoms with Gasteiger partial charge in [0.05, 0.1) is 7.11 Å². The Bertz CT molecular complexity index is 395. The first-order valence-corrected chi connectivity index (χ1v) is 6.50. The van der Waals surface area contributed by atoms with Crippen molar-refractivity contribution < 1.29 is 14.6 Å². The van der Waals surface area contributed by atoms with E-state index in [-0.39, 0.29) is 12.5 Å². The number of aliphatic carboxylic acids is 1. The van der Waals surface area contributed by atoms with Gasteiger partial charge in [-0.25, -0.2) is 0 Å². The van der Waals surface area contributed by atoms with E-state index in [1.165, 1.54) is 0 Å². The predicted octanol–water partition coefficient (Wildman–Crippen LogP) is 2.28. The molecule has 1 unspecified atom stereocenters. The highest BCUT2D eigenvalue weighted by atomic mass is 32.2. The van der Waals surface area contributed by atoms with Gasteiger partial charge in [0.25, 0.3) is 0 Å². The predicted molar refractivity (Wildman–Crippen MR) is 68.6 cm³/mol. The Morgan fingerprint density at radius 1 is 1.59 bits per heavy atom. The Balaban J connectivity index is 2.84. The molecule has 0 radical (unpaired) electrons. The lowest BCUT2D eigenvalue weighted by molar-refractivity contribution is -0.137. The molecule has 0 fully saturated rings. The summed E-state index contributed by atoms with van der Waals surface area (Å²) in [6, 6.07) is 5.47. The number of carboxylic acid groups (broad SMARTS) is 1. The zero-order valence-electron chi connectivity index (χ0n) is 9.97. The molecule has 3 N–H and O–H groups in total. The Kier molecular flexibility index (Phi) is 5.31. The molecule has 0 bridgehead atoms. The second-order valence-corrected chi connectivity index (χ2v) is 4.53. The summed E-state index contributed by atoms with van der Waals surface area (Å²) in [6.45, 7) is 0. The number of methoxy groups -OCH3 is 1. The summed E-state index contributed by atoms with van der Waals surface area (Å²) in [5.74, 6) is -0.116. The topological polar surface area (TPSA) is 72.5 Å². The minimum Gasteiger partial charge on any atom is -0.496 e. The normalized spacial score (nSPS) is 12.2. The van der Waals surface area contributed by atoms with E-state index in [2.05, 4.69) is 0 Å². The van der Waals surface area contributed by atoms with Crippen molar-refractivity contribution in [3.05, 3.63) is 23.8 Å². The molecular weight excluding hydrogens is 238 g/mol. The molecular formula is C12H17NO3S. The fourth-order valence-corrected chi connectivity index (χ4v) is 1.99. The zero-order chi connectivity index (χ0) is 12.8. The highest BCUT2D eigenvalue weighted by Crippen LogP contribution is 2.30. The highest BCUT2D eigenvalue weighted by Gasteiger charge is 2.13. The molecule has 1 aromatic rings. The quantitative estimate of drug-likeness (QED) is 0.763. The van der Waals surface area contributed by atoms with Crippen LogP contribution >= 0.6 is 11.8 Å². The summed E-state index contributed by atoms with van der Waals surface area (Å²) in [5, 5.41) is 8.63. The van der Waals surface area contributed by atoms with Crippen molar-refractivity contribution in [3.8, 4) is 5.75 Å². The van der Waals surface area contributed by atoms with E-state index in [0.717, 1.165) is 16.2 Å². The maximum atomic E-state index is 10.5. The number of benzene rings is 1. The second-order valence-electron chi connectivity index (χ2n) is 3.65. The lowest BCUT2D eigenvalue weighted by Gasteiger charge is -2.15. The first-order valence-electron chi connectivity index (χ1n) is 5.27. The van der Waals surface area contributed by atoms with Gasteiger partial charge in [-0.2, -0.15) is 0 Å². The summed E-state index contributed by atoms with van der Waals surface area (Å²) in [6.07, 6.45) is 2.46. The molecule has 0 saturated heterocycles. The molecule has 4 nitrogen and oxygen atoms in total. The van der Waals surface area contributed by atoms with Crippen LogP contribution in [-0.2, 0) is 4.79 Å². The van der Waals surface area contributed by atoms with E-state index in [1.807, 2.05) is 24.5 Å². The van der Waals surface area contributed by atoms with Crippen molar-refractivity contribution in [1.82, 2.24) is 0 Å². The molecule has 0 aliphatic heterocycles. The first-order chi connectivity index (χ1) is 8.08. The molecule has 5 heteroatoms. The smallest absolute Gasteiger partial charge is 0.303 e. The monoisotopic (exact) mass is 255 g/mol. The fourth-order valence-electron chi connectivity index (χ4n) is 1.56. The molecule has 1 aromatic carbocycles. The zero-order valence-corrected chi connectivity index (χ0v) is 10.8. The summed E-state index contributed by atoms with van der Waals surface area (Å²) in [4.78, 5) is 11.6. The van der Waals surface area contributed by atoms with Crippen molar-refractivity contribution in [1.29, 1.82) is 0 Å². The molecule has 0 saturated carbocycles. The molecule has 1 rings (SSSR count). The van der Waals surface area contributed by atoms with Crippen LogP contribution in [0.2, 0.25) is 0 Å². The van der Waals surface area contributed by atoms with Crippen molar-refractivity contribution in [2.45, 2.75) is 23.8 Å². The Morgan fingerprint density at radius 3 is 2.82 bits per heavy atom. The number of carbonyl (C=O) groups is 1. The van der Waals surface area contributed by atoms with E-state index < -0.39 is 5.97 Å². The first kappa shape index (κ1) is 13.9. The highest BCUT2D eigenvalue weighted by molar-refractivity contribution is 7.98. The lowest BCUT2D eigenvalue weighted by Crippen LogP contribution is -2.13. The maximum Gasteiger partial charge on any atom is 0.303 e. The van der Waals surface area contributed by atoms with Crippen LogP contribution in [0.4, 0.5) is 0 Å². The van der Waals surface area contributed by atoms with Crippen LogP contribution in [0.5, 0.6) is 5.75 Å². The van der Waals surface area contributed by atoms with Gasteiger partial charge in [-0.15, -0.1) is 11.8 Å². The Morgan fingerprint density at radius 2 is 2.29 bits per heavy atom. The van der Waals surface area contributed by atoms with Crippen LogP contribution in [0, 0.1) is 0 Å².